The van der Waals surface area contributed by atoms with Crippen molar-refractivity contribution in [3.05, 3.63) is 0 Å². The molecule has 0 atom stereocenters. The molecule has 0 aromatic heterocycles. The van der Waals surface area contributed by atoms with Crippen molar-refractivity contribution >= 4 is 5.91 Å². The summed E-state index contributed by atoms with van der Waals surface area (Å²) in [6.07, 6.45) is 2.73. The van der Waals surface area contributed by atoms with Crippen molar-refractivity contribution in [2.75, 3.05) is 20.6 Å². The van der Waals surface area contributed by atoms with E-state index in [1.165, 1.54) is 0 Å². The SMILES string of the molecule is CNC(=O)CCN(C)C1CC(N)C1. The van der Waals surface area contributed by atoms with Crippen LogP contribution in [0.1, 0.15) is 19.3 Å². The molecule has 1 amide bonds. The maximum atomic E-state index is 10.9. The molecule has 0 unspecified atom stereocenters. The van der Waals surface area contributed by atoms with Crippen LogP contribution in [0.15, 0.2) is 0 Å². The highest BCUT2D eigenvalue weighted by Crippen LogP contribution is 2.22. The van der Waals surface area contributed by atoms with Crippen LogP contribution in [0.4, 0.5) is 0 Å². The third-order valence-electron chi connectivity index (χ3n) is 2.74. The molecule has 3 N–H and O–H groups in total. The van der Waals surface area contributed by atoms with E-state index >= 15 is 0 Å². The molecular weight excluding hydrogens is 166 g/mol. The van der Waals surface area contributed by atoms with Crippen molar-refractivity contribution < 1.29 is 4.79 Å². The quantitative estimate of drug-likeness (QED) is 0.623. The van der Waals surface area contributed by atoms with E-state index in [4.69, 9.17) is 5.73 Å². The minimum Gasteiger partial charge on any atom is -0.359 e. The lowest BCUT2D eigenvalue weighted by molar-refractivity contribution is -0.121. The van der Waals surface area contributed by atoms with Gasteiger partial charge in [-0.25, -0.2) is 0 Å². The number of rotatable bonds is 4. The Kier molecular flexibility index (Phi) is 3.69. The highest BCUT2D eigenvalue weighted by molar-refractivity contribution is 5.75. The molecule has 0 radical (unpaired) electrons. The molecule has 4 nitrogen and oxygen atoms in total. The molecule has 1 saturated carbocycles. The van der Waals surface area contributed by atoms with Crippen LogP contribution in [0.5, 0.6) is 0 Å². The van der Waals surface area contributed by atoms with E-state index in [1.807, 2.05) is 0 Å². The van der Waals surface area contributed by atoms with Gasteiger partial charge in [0, 0.05) is 32.1 Å². The highest BCUT2D eigenvalue weighted by atomic mass is 16.1. The smallest absolute Gasteiger partial charge is 0.221 e. The van der Waals surface area contributed by atoms with Crippen molar-refractivity contribution in [2.45, 2.75) is 31.3 Å². The topological polar surface area (TPSA) is 58.4 Å². The van der Waals surface area contributed by atoms with Gasteiger partial charge in [-0.05, 0) is 19.9 Å². The predicted molar refractivity (Wildman–Crippen MR) is 52.3 cm³/mol. The summed E-state index contributed by atoms with van der Waals surface area (Å²) in [7, 11) is 3.72. The molecule has 1 rings (SSSR count). The summed E-state index contributed by atoms with van der Waals surface area (Å²) in [5.41, 5.74) is 5.68. The number of amides is 1. The molecule has 0 bridgehead atoms. The van der Waals surface area contributed by atoms with Gasteiger partial charge in [0.2, 0.25) is 5.91 Å². The van der Waals surface area contributed by atoms with Gasteiger partial charge < -0.3 is 16.0 Å². The van der Waals surface area contributed by atoms with E-state index in [1.54, 1.807) is 7.05 Å². The summed E-state index contributed by atoms with van der Waals surface area (Å²) >= 11 is 0. The van der Waals surface area contributed by atoms with Crippen LogP contribution in [0.3, 0.4) is 0 Å². The minimum atomic E-state index is 0.107. The fraction of sp³-hybridized carbons (Fsp3) is 0.889. The molecule has 1 aliphatic rings. The maximum Gasteiger partial charge on any atom is 0.221 e. The van der Waals surface area contributed by atoms with Crippen LogP contribution >= 0.6 is 0 Å². The van der Waals surface area contributed by atoms with Crippen LogP contribution in [0, 0.1) is 0 Å². The van der Waals surface area contributed by atoms with Gasteiger partial charge in [-0.2, -0.15) is 0 Å². The van der Waals surface area contributed by atoms with Crippen molar-refractivity contribution in [3.63, 3.8) is 0 Å². The lowest BCUT2D eigenvalue weighted by Crippen LogP contribution is -2.49. The number of hydrogen-bond donors (Lipinski definition) is 2. The summed E-state index contributed by atoms with van der Waals surface area (Å²) in [6.45, 7) is 0.830. The zero-order valence-electron chi connectivity index (χ0n) is 8.42. The molecule has 0 saturated heterocycles. The molecular formula is C9H19N3O. The fourth-order valence-electron chi connectivity index (χ4n) is 1.58. The largest absolute Gasteiger partial charge is 0.359 e. The van der Waals surface area contributed by atoms with E-state index in [2.05, 4.69) is 17.3 Å². The van der Waals surface area contributed by atoms with Crippen LogP contribution in [-0.2, 0) is 4.79 Å². The first-order chi connectivity index (χ1) is 6.13. The average molecular weight is 185 g/mol. The molecule has 0 heterocycles. The molecule has 0 aromatic carbocycles. The Morgan fingerprint density at radius 3 is 2.69 bits per heavy atom. The van der Waals surface area contributed by atoms with E-state index in [0.29, 0.717) is 18.5 Å². The summed E-state index contributed by atoms with van der Waals surface area (Å²) in [5, 5.41) is 2.61. The second-order valence-corrected chi connectivity index (χ2v) is 3.79. The minimum absolute atomic E-state index is 0.107. The number of carbonyl (C=O) groups is 1. The van der Waals surface area contributed by atoms with Crippen molar-refractivity contribution in [1.82, 2.24) is 10.2 Å². The third kappa shape index (κ3) is 2.97. The summed E-state index contributed by atoms with van der Waals surface area (Å²) < 4.78 is 0. The Hall–Kier alpha value is -0.610. The Morgan fingerprint density at radius 2 is 2.23 bits per heavy atom. The first-order valence-electron chi connectivity index (χ1n) is 4.80. The van der Waals surface area contributed by atoms with Gasteiger partial charge in [0.1, 0.15) is 0 Å². The lowest BCUT2D eigenvalue weighted by Gasteiger charge is -2.39. The first kappa shape index (κ1) is 10.5. The van der Waals surface area contributed by atoms with Gasteiger partial charge >= 0.3 is 0 Å². The van der Waals surface area contributed by atoms with Gasteiger partial charge in [0.25, 0.3) is 0 Å². The van der Waals surface area contributed by atoms with E-state index in [0.717, 1.165) is 19.4 Å². The molecule has 0 spiro atoms. The molecule has 13 heavy (non-hydrogen) atoms. The molecule has 76 valence electrons. The van der Waals surface area contributed by atoms with Crippen molar-refractivity contribution in [3.8, 4) is 0 Å². The summed E-state index contributed by atoms with van der Waals surface area (Å²) in [4.78, 5) is 13.2. The van der Waals surface area contributed by atoms with Crippen molar-refractivity contribution in [1.29, 1.82) is 0 Å². The molecule has 0 aliphatic heterocycles. The lowest BCUT2D eigenvalue weighted by atomic mass is 9.86. The van der Waals surface area contributed by atoms with Gasteiger partial charge in [-0.15, -0.1) is 0 Å². The summed E-state index contributed by atoms with van der Waals surface area (Å²) in [5.74, 6) is 0.107. The van der Waals surface area contributed by atoms with Crippen LogP contribution < -0.4 is 11.1 Å². The number of nitrogens with two attached hydrogens (primary N) is 1. The van der Waals surface area contributed by atoms with E-state index in [9.17, 15) is 4.79 Å². The highest BCUT2D eigenvalue weighted by Gasteiger charge is 2.28. The van der Waals surface area contributed by atoms with E-state index < -0.39 is 0 Å². The maximum absolute atomic E-state index is 10.9. The van der Waals surface area contributed by atoms with Crippen LogP contribution in [0.2, 0.25) is 0 Å². The Balaban J connectivity index is 2.11. The molecule has 1 aliphatic carbocycles. The van der Waals surface area contributed by atoms with Gasteiger partial charge in [-0.3, -0.25) is 4.79 Å². The monoisotopic (exact) mass is 185 g/mol. The van der Waals surface area contributed by atoms with Crippen LogP contribution in [-0.4, -0.2) is 43.5 Å². The Labute approximate surface area is 79.5 Å². The zero-order chi connectivity index (χ0) is 9.84. The Bertz CT molecular complexity index is 178. The number of nitrogens with one attached hydrogen (secondary N) is 1. The molecule has 4 heteroatoms. The number of hydrogen-bond acceptors (Lipinski definition) is 3. The second-order valence-electron chi connectivity index (χ2n) is 3.79. The third-order valence-corrected chi connectivity index (χ3v) is 2.74. The Morgan fingerprint density at radius 1 is 1.62 bits per heavy atom. The zero-order valence-corrected chi connectivity index (χ0v) is 8.42. The number of nitrogens with zero attached hydrogens (tertiary/aromatic N) is 1. The fourth-order valence-corrected chi connectivity index (χ4v) is 1.58. The normalized spacial score (nSPS) is 27.1. The van der Waals surface area contributed by atoms with Crippen molar-refractivity contribution in [2.24, 2.45) is 5.73 Å². The molecule has 0 aromatic rings. The predicted octanol–water partition coefficient (Wildman–Crippen LogP) is -0.456. The van der Waals surface area contributed by atoms with E-state index in [-0.39, 0.29) is 5.91 Å². The standard InChI is InChI=1S/C9H19N3O/c1-11-9(13)3-4-12(2)8-5-7(10)6-8/h7-8H,3-6,10H2,1-2H3,(H,11,13). The van der Waals surface area contributed by atoms with Gasteiger partial charge in [0.15, 0.2) is 0 Å². The number of carbonyl (C=O) groups excluding carboxylic acids is 1. The summed E-state index contributed by atoms with van der Waals surface area (Å²) in [6, 6.07) is 0.979. The van der Waals surface area contributed by atoms with Gasteiger partial charge in [-0.1, -0.05) is 0 Å². The second kappa shape index (κ2) is 4.58. The molecule has 1 fully saturated rings. The van der Waals surface area contributed by atoms with Gasteiger partial charge in [0.05, 0.1) is 0 Å². The van der Waals surface area contributed by atoms with Crippen LogP contribution in [0.25, 0.3) is 0 Å². The first-order valence-corrected chi connectivity index (χ1v) is 4.80. The average Bonchev–Trinajstić information content (AvgIpc) is 2.08.